The van der Waals surface area contributed by atoms with Gasteiger partial charge in [-0.2, -0.15) is 0 Å². The smallest absolute Gasteiger partial charge is 0.360 e. The van der Waals surface area contributed by atoms with Crippen LogP contribution in [0.2, 0.25) is 5.02 Å². The summed E-state index contributed by atoms with van der Waals surface area (Å²) in [5, 5.41) is 11.8. The van der Waals surface area contributed by atoms with Crippen LogP contribution in [-0.2, 0) is 16.0 Å². The molecular formula is C23H32ClN5O3. The van der Waals surface area contributed by atoms with Crippen LogP contribution in [0.15, 0.2) is 30.5 Å². The van der Waals surface area contributed by atoms with Crippen molar-refractivity contribution < 1.29 is 14.3 Å². The van der Waals surface area contributed by atoms with Gasteiger partial charge in [-0.05, 0) is 36.5 Å². The molecule has 1 aromatic carbocycles. The Labute approximate surface area is 194 Å². The second kappa shape index (κ2) is 11.4. The lowest BCUT2D eigenvalue weighted by atomic mass is 10.0. The lowest BCUT2D eigenvalue weighted by molar-refractivity contribution is -0.125. The molecule has 9 heteroatoms. The molecule has 3 rings (SSSR count). The number of benzene rings is 1. The maximum absolute atomic E-state index is 13.1. The molecule has 1 aliphatic rings. The Morgan fingerprint density at radius 3 is 2.78 bits per heavy atom. The lowest BCUT2D eigenvalue weighted by Gasteiger charge is -2.27. The van der Waals surface area contributed by atoms with Crippen LogP contribution in [0.5, 0.6) is 0 Å². The van der Waals surface area contributed by atoms with Gasteiger partial charge in [0.05, 0.1) is 25.4 Å². The summed E-state index contributed by atoms with van der Waals surface area (Å²) >= 11 is 6.05. The predicted molar refractivity (Wildman–Crippen MR) is 123 cm³/mol. The quantitative estimate of drug-likeness (QED) is 0.547. The minimum atomic E-state index is -0.515. The van der Waals surface area contributed by atoms with E-state index in [1.807, 2.05) is 24.3 Å². The molecule has 0 unspecified atom stereocenters. The molecule has 1 saturated heterocycles. The second-order valence-corrected chi connectivity index (χ2v) is 8.72. The van der Waals surface area contributed by atoms with Crippen LogP contribution in [0.25, 0.3) is 0 Å². The molecule has 1 N–H and O–H groups in total. The fourth-order valence-corrected chi connectivity index (χ4v) is 4.43. The number of nitrogens with zero attached hydrogens (tertiary/aromatic N) is 4. The standard InChI is InChI=1S/C23H32ClN5O3/c1-4-16(5-2)13-28-14-19(29-15-20(26-27-29)23(31)32-3)12-21(28)22(30)25-10-9-17-7-6-8-18(24)11-17/h6-8,11,15-16,19,21H,4-5,9-10,12-14H2,1-3H3,(H,25,30)/t19-,21-/m0/s1. The summed E-state index contributed by atoms with van der Waals surface area (Å²) in [4.78, 5) is 27.1. The normalized spacial score (nSPS) is 18.8. The van der Waals surface area contributed by atoms with Gasteiger partial charge in [-0.1, -0.05) is 55.6 Å². The van der Waals surface area contributed by atoms with Crippen molar-refractivity contribution in [2.24, 2.45) is 5.92 Å². The van der Waals surface area contributed by atoms with E-state index in [4.69, 9.17) is 16.3 Å². The summed E-state index contributed by atoms with van der Waals surface area (Å²) in [5.74, 6) is 0.0316. The molecule has 0 bridgehead atoms. The molecule has 2 atom stereocenters. The molecule has 2 aromatic rings. The molecule has 0 radical (unpaired) electrons. The molecule has 32 heavy (non-hydrogen) atoms. The Bertz CT molecular complexity index is 915. The summed E-state index contributed by atoms with van der Waals surface area (Å²) < 4.78 is 6.41. The number of hydrogen-bond donors (Lipinski definition) is 1. The molecule has 2 heterocycles. The van der Waals surface area contributed by atoms with Gasteiger partial charge in [0.2, 0.25) is 5.91 Å². The first-order valence-electron chi connectivity index (χ1n) is 11.2. The second-order valence-electron chi connectivity index (χ2n) is 8.29. The monoisotopic (exact) mass is 461 g/mol. The van der Waals surface area contributed by atoms with E-state index >= 15 is 0 Å². The van der Waals surface area contributed by atoms with Crippen molar-refractivity contribution in [3.8, 4) is 0 Å². The molecule has 1 amide bonds. The highest BCUT2D eigenvalue weighted by atomic mass is 35.5. The number of carbonyl (C=O) groups excluding carboxylic acids is 2. The van der Waals surface area contributed by atoms with E-state index in [9.17, 15) is 9.59 Å². The third-order valence-electron chi connectivity index (χ3n) is 6.21. The number of ether oxygens (including phenoxy) is 1. The van der Waals surface area contributed by atoms with E-state index in [0.29, 0.717) is 30.5 Å². The van der Waals surface area contributed by atoms with E-state index < -0.39 is 5.97 Å². The maximum atomic E-state index is 13.1. The molecule has 174 valence electrons. The van der Waals surface area contributed by atoms with E-state index in [1.54, 1.807) is 10.9 Å². The summed E-state index contributed by atoms with van der Waals surface area (Å²) in [6.07, 6.45) is 5.08. The third-order valence-corrected chi connectivity index (χ3v) is 6.45. The van der Waals surface area contributed by atoms with Gasteiger partial charge >= 0.3 is 5.97 Å². The number of halogens is 1. The molecule has 1 fully saturated rings. The van der Waals surface area contributed by atoms with E-state index in [1.165, 1.54) is 7.11 Å². The number of likely N-dealkylation sites (tertiary alicyclic amines) is 1. The van der Waals surface area contributed by atoms with E-state index in [2.05, 4.69) is 34.4 Å². The van der Waals surface area contributed by atoms with Gasteiger partial charge in [0.1, 0.15) is 0 Å². The van der Waals surface area contributed by atoms with E-state index in [-0.39, 0.29) is 23.7 Å². The molecule has 1 aliphatic heterocycles. The Morgan fingerprint density at radius 1 is 1.31 bits per heavy atom. The molecule has 0 aliphatic carbocycles. The highest BCUT2D eigenvalue weighted by Crippen LogP contribution is 2.29. The fraction of sp³-hybridized carbons (Fsp3) is 0.565. The Balaban J connectivity index is 1.66. The summed E-state index contributed by atoms with van der Waals surface area (Å²) in [5.41, 5.74) is 1.27. The van der Waals surface area contributed by atoms with Crippen LogP contribution >= 0.6 is 11.6 Å². The zero-order chi connectivity index (χ0) is 23.1. The van der Waals surface area contributed by atoms with Gasteiger partial charge in [0, 0.05) is 24.7 Å². The van der Waals surface area contributed by atoms with Gasteiger partial charge in [0.15, 0.2) is 5.69 Å². The first kappa shape index (κ1) is 24.2. The zero-order valence-electron chi connectivity index (χ0n) is 19.0. The molecule has 1 aromatic heterocycles. The Kier molecular flexibility index (Phi) is 8.64. The van der Waals surface area contributed by atoms with Crippen LogP contribution < -0.4 is 5.32 Å². The van der Waals surface area contributed by atoms with Crippen LogP contribution in [-0.4, -0.2) is 64.6 Å². The number of amides is 1. The van der Waals surface area contributed by atoms with Crippen molar-refractivity contribution in [3.05, 3.63) is 46.7 Å². The van der Waals surface area contributed by atoms with Crippen molar-refractivity contribution in [1.29, 1.82) is 0 Å². The minimum Gasteiger partial charge on any atom is -0.464 e. The summed E-state index contributed by atoms with van der Waals surface area (Å²) in [7, 11) is 1.32. The van der Waals surface area contributed by atoms with Crippen molar-refractivity contribution >= 4 is 23.5 Å². The molecule has 8 nitrogen and oxygen atoms in total. The van der Waals surface area contributed by atoms with Crippen LogP contribution in [0.1, 0.15) is 55.2 Å². The first-order chi connectivity index (χ1) is 15.4. The number of esters is 1. The van der Waals surface area contributed by atoms with Crippen molar-refractivity contribution in [1.82, 2.24) is 25.2 Å². The number of methoxy groups -OCH3 is 1. The Hall–Kier alpha value is -2.45. The number of rotatable bonds is 10. The largest absolute Gasteiger partial charge is 0.464 e. The molecule has 0 saturated carbocycles. The molecule has 0 spiro atoms. The first-order valence-corrected chi connectivity index (χ1v) is 11.6. The topological polar surface area (TPSA) is 89.3 Å². The number of carbonyl (C=O) groups is 2. The predicted octanol–water partition coefficient (Wildman–Crippen LogP) is 3.13. The van der Waals surface area contributed by atoms with Crippen LogP contribution in [0.4, 0.5) is 0 Å². The van der Waals surface area contributed by atoms with Crippen LogP contribution in [0.3, 0.4) is 0 Å². The third kappa shape index (κ3) is 6.07. The lowest BCUT2D eigenvalue weighted by Crippen LogP contribution is -2.45. The highest BCUT2D eigenvalue weighted by Gasteiger charge is 2.38. The SMILES string of the molecule is CCC(CC)CN1C[C@@H](n2cc(C(=O)OC)nn2)C[C@H]1C(=O)NCCc1cccc(Cl)c1. The van der Waals surface area contributed by atoms with E-state index in [0.717, 1.165) is 31.4 Å². The summed E-state index contributed by atoms with van der Waals surface area (Å²) in [6, 6.07) is 7.41. The highest BCUT2D eigenvalue weighted by molar-refractivity contribution is 6.30. The summed E-state index contributed by atoms with van der Waals surface area (Å²) in [6.45, 7) is 6.46. The van der Waals surface area contributed by atoms with Gasteiger partial charge in [-0.25, -0.2) is 9.48 Å². The Morgan fingerprint density at radius 2 is 2.09 bits per heavy atom. The maximum Gasteiger partial charge on any atom is 0.360 e. The van der Waals surface area contributed by atoms with Gasteiger partial charge < -0.3 is 10.1 Å². The van der Waals surface area contributed by atoms with Gasteiger partial charge in [-0.15, -0.1) is 5.10 Å². The minimum absolute atomic E-state index is 0.0220. The van der Waals surface area contributed by atoms with Gasteiger partial charge in [0.25, 0.3) is 0 Å². The average molecular weight is 462 g/mol. The number of aromatic nitrogens is 3. The average Bonchev–Trinajstić information content (AvgIpc) is 3.44. The van der Waals surface area contributed by atoms with Crippen molar-refractivity contribution in [2.45, 2.75) is 51.6 Å². The van der Waals surface area contributed by atoms with Crippen LogP contribution in [0, 0.1) is 5.92 Å². The zero-order valence-corrected chi connectivity index (χ0v) is 19.7. The van der Waals surface area contributed by atoms with Gasteiger partial charge in [-0.3, -0.25) is 9.69 Å². The van der Waals surface area contributed by atoms with Crippen molar-refractivity contribution in [3.63, 3.8) is 0 Å². The number of nitrogens with one attached hydrogen (secondary N) is 1. The fourth-order valence-electron chi connectivity index (χ4n) is 4.22. The van der Waals surface area contributed by atoms with Crippen molar-refractivity contribution in [2.75, 3.05) is 26.7 Å². The molecular weight excluding hydrogens is 430 g/mol. The number of hydrogen-bond acceptors (Lipinski definition) is 6.